The summed E-state index contributed by atoms with van der Waals surface area (Å²) in [6.07, 6.45) is 9.61. The third-order valence-electron chi connectivity index (χ3n) is 5.92. The zero-order chi connectivity index (χ0) is 19.2. The van der Waals surface area contributed by atoms with Gasteiger partial charge in [-0.3, -0.25) is 0 Å². The third kappa shape index (κ3) is 6.33. The summed E-state index contributed by atoms with van der Waals surface area (Å²) >= 11 is 0. The quantitative estimate of drug-likeness (QED) is 0.510. The summed E-state index contributed by atoms with van der Waals surface area (Å²) in [4.78, 5) is 2.54. The maximum atomic E-state index is 6.10. The smallest absolute Gasteiger partial charge is 0.127 e. The van der Waals surface area contributed by atoms with Crippen molar-refractivity contribution in [1.29, 1.82) is 0 Å². The Labute approximate surface area is 181 Å². The molecule has 2 bridgehead atoms. The van der Waals surface area contributed by atoms with Crippen molar-refractivity contribution < 1.29 is 9.47 Å². The van der Waals surface area contributed by atoms with E-state index < -0.39 is 0 Å². The van der Waals surface area contributed by atoms with Crippen LogP contribution in [0.5, 0.6) is 11.5 Å². The molecule has 0 aromatic heterocycles. The van der Waals surface area contributed by atoms with E-state index in [2.05, 4.69) is 60.4 Å². The van der Waals surface area contributed by atoms with Crippen LogP contribution in [0.25, 0.3) is 0 Å². The van der Waals surface area contributed by atoms with Crippen molar-refractivity contribution in [3.63, 3.8) is 0 Å². The second-order valence-corrected chi connectivity index (χ2v) is 8.08. The number of aryl methyl sites for hydroxylation is 2. The molecule has 1 unspecified atom stereocenters. The lowest BCUT2D eigenvalue weighted by atomic mass is 9.86. The van der Waals surface area contributed by atoms with Crippen molar-refractivity contribution in [3.05, 3.63) is 71.8 Å². The lowest BCUT2D eigenvalue weighted by Gasteiger charge is -2.44. The van der Waals surface area contributed by atoms with Crippen LogP contribution in [0.15, 0.2) is 60.7 Å². The molecule has 2 aromatic rings. The number of hydrogen-bond donors (Lipinski definition) is 0. The molecule has 5 rings (SSSR count). The minimum atomic E-state index is 0. The molecule has 4 heteroatoms. The van der Waals surface area contributed by atoms with Crippen molar-refractivity contribution in [1.82, 2.24) is 4.90 Å². The van der Waals surface area contributed by atoms with Gasteiger partial charge in [-0.1, -0.05) is 36.4 Å². The van der Waals surface area contributed by atoms with Gasteiger partial charge in [-0.05, 0) is 87.0 Å². The molecule has 0 aliphatic carbocycles. The Morgan fingerprint density at radius 2 is 1.79 bits per heavy atom. The topological polar surface area (TPSA) is 21.7 Å². The van der Waals surface area contributed by atoms with Crippen molar-refractivity contribution >= 4 is 12.4 Å². The second-order valence-electron chi connectivity index (χ2n) is 8.08. The Bertz CT molecular complexity index is 782. The zero-order valence-corrected chi connectivity index (χ0v) is 18.1. The standard InChI is InChI=1S/C25H31NO2.ClH/c1-20-6-5-8-24(18-20)28-23-11-9-21(10-12-23)7-3-2-4-17-27-25-19-26-15-13-22(25)14-16-26;/h2,4-6,8-12,18,22,25H,3,7,13-17,19H2,1H3;1H/b4-2+;. The number of hydrogen-bond acceptors (Lipinski definition) is 3. The van der Waals surface area contributed by atoms with Crippen LogP contribution in [0.2, 0.25) is 0 Å². The minimum absolute atomic E-state index is 0. The van der Waals surface area contributed by atoms with E-state index >= 15 is 0 Å². The van der Waals surface area contributed by atoms with E-state index in [4.69, 9.17) is 9.47 Å². The number of allylic oxidation sites excluding steroid dienone is 1. The van der Waals surface area contributed by atoms with Gasteiger partial charge in [0.25, 0.3) is 0 Å². The summed E-state index contributed by atoms with van der Waals surface area (Å²) in [5.74, 6) is 2.56. The molecule has 29 heavy (non-hydrogen) atoms. The predicted octanol–water partition coefficient (Wildman–Crippen LogP) is 5.81. The van der Waals surface area contributed by atoms with Gasteiger partial charge in [0, 0.05) is 6.54 Å². The highest BCUT2D eigenvalue weighted by atomic mass is 35.5. The van der Waals surface area contributed by atoms with Gasteiger partial charge >= 0.3 is 0 Å². The predicted molar refractivity (Wildman–Crippen MR) is 121 cm³/mol. The molecule has 3 fully saturated rings. The summed E-state index contributed by atoms with van der Waals surface area (Å²) in [5, 5.41) is 0. The lowest BCUT2D eigenvalue weighted by molar-refractivity contribution is -0.0604. The van der Waals surface area contributed by atoms with Gasteiger partial charge in [0.2, 0.25) is 0 Å². The number of rotatable bonds is 8. The summed E-state index contributed by atoms with van der Waals surface area (Å²) in [6.45, 7) is 6.50. The number of fused-ring (bicyclic) bond motifs is 3. The van der Waals surface area contributed by atoms with E-state index in [1.54, 1.807) is 0 Å². The van der Waals surface area contributed by atoms with Crippen LogP contribution in [0, 0.1) is 12.8 Å². The molecular formula is C25H32ClNO2. The van der Waals surface area contributed by atoms with Crippen LogP contribution in [0.4, 0.5) is 0 Å². The second kappa shape index (κ2) is 10.8. The fourth-order valence-electron chi connectivity index (χ4n) is 4.25. The fraction of sp³-hybridized carbons (Fsp3) is 0.440. The first-order chi connectivity index (χ1) is 13.8. The average molecular weight is 414 g/mol. The van der Waals surface area contributed by atoms with Crippen LogP contribution in [-0.2, 0) is 11.2 Å². The summed E-state index contributed by atoms with van der Waals surface area (Å²) < 4.78 is 12.0. The van der Waals surface area contributed by atoms with E-state index in [1.165, 1.54) is 37.1 Å². The monoisotopic (exact) mass is 413 g/mol. The highest BCUT2D eigenvalue weighted by Crippen LogP contribution is 2.29. The Morgan fingerprint density at radius 1 is 1.00 bits per heavy atom. The lowest BCUT2D eigenvalue weighted by Crippen LogP contribution is -2.51. The van der Waals surface area contributed by atoms with E-state index in [9.17, 15) is 0 Å². The molecule has 3 aliphatic heterocycles. The van der Waals surface area contributed by atoms with Crippen LogP contribution in [-0.4, -0.2) is 37.2 Å². The zero-order valence-electron chi connectivity index (χ0n) is 17.3. The van der Waals surface area contributed by atoms with Gasteiger partial charge in [0.05, 0.1) is 12.7 Å². The first kappa shape index (κ1) is 21.9. The van der Waals surface area contributed by atoms with Gasteiger partial charge in [0.15, 0.2) is 0 Å². The van der Waals surface area contributed by atoms with Crippen molar-refractivity contribution in [3.8, 4) is 11.5 Å². The Balaban J connectivity index is 0.00000240. The molecule has 3 saturated heterocycles. The molecule has 1 atom stereocenters. The van der Waals surface area contributed by atoms with Gasteiger partial charge < -0.3 is 14.4 Å². The maximum Gasteiger partial charge on any atom is 0.127 e. The van der Waals surface area contributed by atoms with E-state index in [1.807, 2.05) is 12.1 Å². The Morgan fingerprint density at radius 3 is 2.48 bits per heavy atom. The van der Waals surface area contributed by atoms with Crippen molar-refractivity contribution in [2.75, 3.05) is 26.2 Å². The minimum Gasteiger partial charge on any atom is -0.457 e. The normalized spacial score (nSPS) is 23.1. The molecule has 2 aromatic carbocycles. The highest BCUT2D eigenvalue weighted by molar-refractivity contribution is 5.85. The number of nitrogens with zero attached hydrogens (tertiary/aromatic N) is 1. The number of piperidine rings is 3. The number of ether oxygens (including phenoxy) is 2. The largest absolute Gasteiger partial charge is 0.457 e. The van der Waals surface area contributed by atoms with Crippen LogP contribution < -0.4 is 4.74 Å². The summed E-state index contributed by atoms with van der Waals surface area (Å²) in [5.41, 5.74) is 2.54. The van der Waals surface area contributed by atoms with Gasteiger partial charge in [-0.2, -0.15) is 0 Å². The maximum absolute atomic E-state index is 6.10. The molecule has 156 valence electrons. The van der Waals surface area contributed by atoms with Gasteiger partial charge in [0.1, 0.15) is 11.5 Å². The Kier molecular flexibility index (Phi) is 8.17. The van der Waals surface area contributed by atoms with E-state index in [0.717, 1.165) is 43.4 Å². The van der Waals surface area contributed by atoms with Crippen LogP contribution in [0.3, 0.4) is 0 Å². The molecule has 0 spiro atoms. The first-order valence-electron chi connectivity index (χ1n) is 10.6. The molecule has 3 aliphatic rings. The van der Waals surface area contributed by atoms with Gasteiger partial charge in [-0.15, -0.1) is 12.4 Å². The summed E-state index contributed by atoms with van der Waals surface area (Å²) in [7, 11) is 0. The number of benzene rings is 2. The van der Waals surface area contributed by atoms with Crippen molar-refractivity contribution in [2.45, 2.75) is 38.7 Å². The molecule has 0 amide bonds. The highest BCUT2D eigenvalue weighted by Gasteiger charge is 2.34. The summed E-state index contributed by atoms with van der Waals surface area (Å²) in [6, 6.07) is 16.6. The molecule has 3 heterocycles. The molecule has 0 N–H and O–H groups in total. The number of halogens is 1. The molecular weight excluding hydrogens is 382 g/mol. The molecule has 0 saturated carbocycles. The SMILES string of the molecule is Cc1cccc(Oc2ccc(CC/C=C/COC3CN4CCC3CC4)cc2)c1.Cl. The van der Waals surface area contributed by atoms with E-state index in [-0.39, 0.29) is 12.4 Å². The average Bonchev–Trinajstić information content (AvgIpc) is 2.73. The van der Waals surface area contributed by atoms with Gasteiger partial charge in [-0.25, -0.2) is 0 Å². The third-order valence-corrected chi connectivity index (χ3v) is 5.92. The molecule has 0 radical (unpaired) electrons. The van der Waals surface area contributed by atoms with E-state index in [0.29, 0.717) is 6.10 Å². The fourth-order valence-corrected chi connectivity index (χ4v) is 4.25. The Hall–Kier alpha value is -1.81. The first-order valence-corrected chi connectivity index (χ1v) is 10.6. The van der Waals surface area contributed by atoms with Crippen LogP contribution in [0.1, 0.15) is 30.4 Å². The molecule has 3 nitrogen and oxygen atoms in total. The van der Waals surface area contributed by atoms with Crippen molar-refractivity contribution in [2.24, 2.45) is 5.92 Å². The van der Waals surface area contributed by atoms with Crippen LogP contribution >= 0.6 is 12.4 Å².